The van der Waals surface area contributed by atoms with E-state index in [1.54, 1.807) is 0 Å². The molecule has 0 spiro atoms. The second kappa shape index (κ2) is 14.6. The Morgan fingerprint density at radius 3 is 1.59 bits per heavy atom. The van der Waals surface area contributed by atoms with Crippen molar-refractivity contribution in [2.45, 2.75) is 44.9 Å². The zero-order valence-electron chi connectivity index (χ0n) is 32.4. The number of aromatic nitrogens is 3. The molecule has 3 nitrogen and oxygen atoms in total. The number of nitrogens with zero attached hydrogens (tertiary/aromatic N) is 3. The Bertz CT molecular complexity index is 2750. The van der Waals surface area contributed by atoms with Gasteiger partial charge in [-0.1, -0.05) is 179 Å². The lowest BCUT2D eigenvalue weighted by molar-refractivity contribution is 0.745. The second-order valence-corrected chi connectivity index (χ2v) is 15.4. The Morgan fingerprint density at radius 2 is 0.946 bits per heavy atom. The molecule has 2 aromatic heterocycles. The summed E-state index contributed by atoms with van der Waals surface area (Å²) in [6, 6.07) is 68.0. The van der Waals surface area contributed by atoms with Crippen LogP contribution >= 0.6 is 0 Å². The average Bonchev–Trinajstić information content (AvgIpc) is 3.64. The van der Waals surface area contributed by atoms with Crippen molar-refractivity contribution in [3.05, 3.63) is 221 Å². The molecule has 3 heteroatoms. The van der Waals surface area contributed by atoms with Gasteiger partial charge in [0.05, 0.1) is 33.3 Å². The van der Waals surface area contributed by atoms with Crippen LogP contribution in [0, 0.1) is 0 Å². The van der Waals surface area contributed by atoms with Gasteiger partial charge in [0.15, 0.2) is 0 Å². The third kappa shape index (κ3) is 6.01. The standard InChI is InChI=1S/C53H45N3/c1-36(2)45-27-17-28-46(37(3)4)51(45)56-50-31-14-13-30-49(50)55-52(56)40-20-16-26-44(35-40)53(41-21-7-5-8-22-41,42-23-9-6-10-24-42)43-25-15-19-39(34-43)48-33-32-38-18-11-12-29-47(38)54-48/h5-37H,1-4H3. The Morgan fingerprint density at radius 1 is 0.429 bits per heavy atom. The lowest BCUT2D eigenvalue weighted by Gasteiger charge is -2.37. The molecule has 0 aliphatic carbocycles. The summed E-state index contributed by atoms with van der Waals surface area (Å²) in [5.74, 6) is 1.60. The molecule has 0 N–H and O–H groups in total. The summed E-state index contributed by atoms with van der Waals surface area (Å²) >= 11 is 0. The van der Waals surface area contributed by atoms with Crippen molar-refractivity contribution in [2.24, 2.45) is 0 Å². The molecule has 0 radical (unpaired) electrons. The highest BCUT2D eigenvalue weighted by Gasteiger charge is 2.39. The van der Waals surface area contributed by atoms with Crippen LogP contribution in [0.2, 0.25) is 0 Å². The first-order valence-electron chi connectivity index (χ1n) is 19.7. The van der Waals surface area contributed by atoms with Gasteiger partial charge in [-0.3, -0.25) is 4.57 Å². The first-order valence-corrected chi connectivity index (χ1v) is 19.7. The molecule has 272 valence electrons. The third-order valence-electron chi connectivity index (χ3n) is 11.3. The van der Waals surface area contributed by atoms with Crippen molar-refractivity contribution in [3.63, 3.8) is 0 Å². The minimum absolute atomic E-state index is 0.331. The molecule has 7 aromatic carbocycles. The molecule has 0 fully saturated rings. The number of benzene rings is 7. The number of para-hydroxylation sites is 4. The SMILES string of the molecule is CC(C)c1cccc(C(C)C)c1-n1c(-c2cccc(C(c3ccccc3)(c3ccccc3)c3cccc(-c4ccc5ccccc5n4)c3)c2)nc2ccccc21. The molecule has 0 amide bonds. The molecule has 0 aliphatic rings. The molecular weight excluding hydrogens is 679 g/mol. The maximum Gasteiger partial charge on any atom is 0.145 e. The molecule has 0 atom stereocenters. The van der Waals surface area contributed by atoms with E-state index in [9.17, 15) is 0 Å². The minimum atomic E-state index is -0.666. The highest BCUT2D eigenvalue weighted by Crippen LogP contribution is 2.47. The lowest BCUT2D eigenvalue weighted by atomic mass is 9.64. The smallest absolute Gasteiger partial charge is 0.145 e. The van der Waals surface area contributed by atoms with E-state index in [4.69, 9.17) is 9.97 Å². The topological polar surface area (TPSA) is 30.7 Å². The maximum atomic E-state index is 5.43. The van der Waals surface area contributed by atoms with E-state index in [2.05, 4.69) is 220 Å². The van der Waals surface area contributed by atoms with Crippen molar-refractivity contribution >= 4 is 21.9 Å². The highest BCUT2D eigenvalue weighted by atomic mass is 15.1. The molecule has 0 bridgehead atoms. The molecular formula is C53H45N3. The van der Waals surface area contributed by atoms with Gasteiger partial charge in [-0.05, 0) is 81.6 Å². The van der Waals surface area contributed by atoms with E-state index in [-0.39, 0.29) is 0 Å². The fraction of sp³-hybridized carbons (Fsp3) is 0.132. The number of imidazole rings is 1. The van der Waals surface area contributed by atoms with Crippen LogP contribution in [0.15, 0.2) is 188 Å². The van der Waals surface area contributed by atoms with Gasteiger partial charge in [0, 0.05) is 16.5 Å². The molecule has 0 saturated carbocycles. The Labute approximate surface area is 330 Å². The van der Waals surface area contributed by atoms with Gasteiger partial charge in [-0.2, -0.15) is 0 Å². The zero-order chi connectivity index (χ0) is 38.2. The van der Waals surface area contributed by atoms with Gasteiger partial charge in [-0.15, -0.1) is 0 Å². The van der Waals surface area contributed by atoms with Crippen molar-refractivity contribution < 1.29 is 0 Å². The summed E-state index contributed by atoms with van der Waals surface area (Å²) in [6.07, 6.45) is 0. The number of hydrogen-bond donors (Lipinski definition) is 0. The molecule has 0 aliphatic heterocycles. The second-order valence-electron chi connectivity index (χ2n) is 15.4. The van der Waals surface area contributed by atoms with E-state index in [1.165, 1.54) is 33.5 Å². The van der Waals surface area contributed by atoms with Crippen LogP contribution in [0.1, 0.15) is 72.9 Å². The van der Waals surface area contributed by atoms with Crippen molar-refractivity contribution in [3.8, 4) is 28.3 Å². The van der Waals surface area contributed by atoms with Gasteiger partial charge in [0.2, 0.25) is 0 Å². The summed E-state index contributed by atoms with van der Waals surface area (Å²) in [6.45, 7) is 9.16. The Hall–Kier alpha value is -6.58. The van der Waals surface area contributed by atoms with Gasteiger partial charge in [-0.25, -0.2) is 9.97 Å². The van der Waals surface area contributed by atoms with E-state index in [0.717, 1.165) is 50.1 Å². The normalized spacial score (nSPS) is 11.9. The molecule has 2 heterocycles. The van der Waals surface area contributed by atoms with Crippen molar-refractivity contribution in [1.29, 1.82) is 0 Å². The van der Waals surface area contributed by atoms with Crippen LogP contribution in [0.4, 0.5) is 0 Å². The summed E-state index contributed by atoms with van der Waals surface area (Å²) < 4.78 is 2.43. The van der Waals surface area contributed by atoms with Crippen molar-refractivity contribution in [1.82, 2.24) is 14.5 Å². The minimum Gasteiger partial charge on any atom is -0.292 e. The fourth-order valence-corrected chi connectivity index (χ4v) is 8.62. The predicted molar refractivity (Wildman–Crippen MR) is 234 cm³/mol. The maximum absolute atomic E-state index is 5.43. The molecule has 56 heavy (non-hydrogen) atoms. The fourth-order valence-electron chi connectivity index (χ4n) is 8.62. The first kappa shape index (κ1) is 35.1. The summed E-state index contributed by atoms with van der Waals surface area (Å²) in [5, 5.41) is 1.13. The van der Waals surface area contributed by atoms with Gasteiger partial charge in [0.1, 0.15) is 5.82 Å². The van der Waals surface area contributed by atoms with Crippen LogP contribution < -0.4 is 0 Å². The average molecular weight is 724 g/mol. The first-order chi connectivity index (χ1) is 27.4. The highest BCUT2D eigenvalue weighted by molar-refractivity contribution is 5.85. The number of fused-ring (bicyclic) bond motifs is 2. The number of hydrogen-bond acceptors (Lipinski definition) is 2. The number of pyridine rings is 1. The third-order valence-corrected chi connectivity index (χ3v) is 11.3. The van der Waals surface area contributed by atoms with Gasteiger partial charge >= 0.3 is 0 Å². The number of rotatable bonds is 9. The molecule has 9 rings (SSSR count). The monoisotopic (exact) mass is 723 g/mol. The van der Waals surface area contributed by atoms with Crippen LogP contribution in [-0.4, -0.2) is 14.5 Å². The van der Waals surface area contributed by atoms with E-state index in [1.807, 2.05) is 0 Å². The van der Waals surface area contributed by atoms with E-state index >= 15 is 0 Å². The van der Waals surface area contributed by atoms with Crippen molar-refractivity contribution in [2.75, 3.05) is 0 Å². The zero-order valence-corrected chi connectivity index (χ0v) is 32.4. The van der Waals surface area contributed by atoms with Crippen LogP contribution in [0.3, 0.4) is 0 Å². The quantitative estimate of drug-likeness (QED) is 0.139. The summed E-state index contributed by atoms with van der Waals surface area (Å²) in [5.41, 5.74) is 14.1. The van der Waals surface area contributed by atoms with E-state index in [0.29, 0.717) is 11.8 Å². The lowest BCUT2D eigenvalue weighted by Crippen LogP contribution is -2.31. The summed E-state index contributed by atoms with van der Waals surface area (Å²) in [4.78, 5) is 10.6. The summed E-state index contributed by atoms with van der Waals surface area (Å²) in [7, 11) is 0. The Kier molecular flexibility index (Phi) is 9.15. The van der Waals surface area contributed by atoms with E-state index < -0.39 is 5.41 Å². The Balaban J connectivity index is 1.33. The largest absolute Gasteiger partial charge is 0.292 e. The van der Waals surface area contributed by atoms with Crippen LogP contribution in [-0.2, 0) is 5.41 Å². The predicted octanol–water partition coefficient (Wildman–Crippen LogP) is 13.5. The molecule has 0 unspecified atom stereocenters. The van der Waals surface area contributed by atoms with Gasteiger partial charge in [0.25, 0.3) is 0 Å². The van der Waals surface area contributed by atoms with Crippen LogP contribution in [0.5, 0.6) is 0 Å². The molecule has 9 aromatic rings. The molecule has 0 saturated heterocycles. The van der Waals surface area contributed by atoms with Gasteiger partial charge < -0.3 is 0 Å². The van der Waals surface area contributed by atoms with Crippen LogP contribution in [0.25, 0.3) is 50.3 Å².